The number of carbonyl (C=O) groups excluding carboxylic acids is 3. The maximum Gasteiger partial charge on any atom is 0.308 e. The first-order valence-electron chi connectivity index (χ1n) is 13.0. The van der Waals surface area contributed by atoms with Gasteiger partial charge in [-0.05, 0) is 43.2 Å². The number of esters is 1. The molecule has 0 aliphatic carbocycles. The third kappa shape index (κ3) is 8.22. The third-order valence-electron chi connectivity index (χ3n) is 6.72. The molecule has 0 bridgehead atoms. The average Bonchev–Trinajstić information content (AvgIpc) is 2.95. The fourth-order valence-corrected chi connectivity index (χ4v) is 4.31. The van der Waals surface area contributed by atoms with Gasteiger partial charge in [0.1, 0.15) is 11.8 Å². The normalized spacial score (nSPS) is 13.3. The minimum absolute atomic E-state index is 0.0349. The second-order valence-corrected chi connectivity index (χ2v) is 9.52. The minimum atomic E-state index is -1.31. The molecule has 0 aliphatic heterocycles. The number of benzene rings is 2. The summed E-state index contributed by atoms with van der Waals surface area (Å²) in [6.07, 6.45) is 3.70. The summed E-state index contributed by atoms with van der Waals surface area (Å²) in [6.45, 7) is 4.96. The zero-order valence-electron chi connectivity index (χ0n) is 22.9. The highest BCUT2D eigenvalue weighted by Crippen LogP contribution is 2.30. The number of pyridine rings is 1. The number of carbonyl (C=O) groups is 3. The molecular weight excluding hydrogens is 496 g/mol. The van der Waals surface area contributed by atoms with E-state index in [1.165, 1.54) is 37.4 Å². The van der Waals surface area contributed by atoms with E-state index >= 15 is 0 Å². The Bertz CT molecular complexity index is 1190. The Hall–Kier alpha value is -4.04. The molecule has 2 aromatic carbocycles. The Kier molecular flexibility index (Phi) is 10.8. The lowest BCUT2D eigenvalue weighted by atomic mass is 9.88. The fourth-order valence-electron chi connectivity index (χ4n) is 4.31. The van der Waals surface area contributed by atoms with E-state index in [0.29, 0.717) is 6.29 Å². The SMILES string of the molecule is CC[C@](C=O)(COC(C)C(Cc1ccccc1)Cc1ccccc1)NC(=O)c1nccc(OC)c1OC(C)=O. The van der Waals surface area contributed by atoms with Gasteiger partial charge in [-0.15, -0.1) is 0 Å². The number of hydrogen-bond acceptors (Lipinski definition) is 7. The summed E-state index contributed by atoms with van der Waals surface area (Å²) in [5, 5.41) is 2.76. The van der Waals surface area contributed by atoms with Crippen LogP contribution in [0.5, 0.6) is 11.5 Å². The third-order valence-corrected chi connectivity index (χ3v) is 6.72. The molecule has 2 atom stereocenters. The molecule has 1 amide bonds. The number of aldehydes is 1. The van der Waals surface area contributed by atoms with Crippen molar-refractivity contribution in [1.82, 2.24) is 10.3 Å². The largest absolute Gasteiger partial charge is 0.493 e. The van der Waals surface area contributed by atoms with Crippen molar-refractivity contribution in [3.63, 3.8) is 0 Å². The predicted octanol–water partition coefficient (Wildman–Crippen LogP) is 4.60. The molecule has 0 saturated heterocycles. The van der Waals surface area contributed by atoms with Crippen molar-refractivity contribution in [2.45, 2.75) is 51.7 Å². The van der Waals surface area contributed by atoms with Crippen molar-refractivity contribution >= 4 is 18.2 Å². The van der Waals surface area contributed by atoms with E-state index in [-0.39, 0.29) is 42.2 Å². The number of methoxy groups -OCH3 is 1. The van der Waals surface area contributed by atoms with Gasteiger partial charge in [0.2, 0.25) is 5.75 Å². The van der Waals surface area contributed by atoms with Crippen molar-refractivity contribution in [1.29, 1.82) is 0 Å². The minimum Gasteiger partial charge on any atom is -0.493 e. The fraction of sp³-hybridized carbons (Fsp3) is 0.355. The highest BCUT2D eigenvalue weighted by atomic mass is 16.6. The van der Waals surface area contributed by atoms with Gasteiger partial charge in [0.25, 0.3) is 5.91 Å². The van der Waals surface area contributed by atoms with E-state index in [1.807, 2.05) is 43.3 Å². The molecule has 1 aromatic heterocycles. The Morgan fingerprint density at radius 1 is 1.00 bits per heavy atom. The quantitative estimate of drug-likeness (QED) is 0.239. The number of aromatic nitrogens is 1. The van der Waals surface area contributed by atoms with Crippen molar-refractivity contribution in [2.75, 3.05) is 13.7 Å². The molecule has 3 rings (SSSR count). The zero-order valence-corrected chi connectivity index (χ0v) is 22.9. The first-order valence-corrected chi connectivity index (χ1v) is 13.0. The van der Waals surface area contributed by atoms with Crippen LogP contribution in [0.2, 0.25) is 0 Å². The molecule has 1 heterocycles. The summed E-state index contributed by atoms with van der Waals surface area (Å²) in [5.74, 6) is -1.12. The maximum absolute atomic E-state index is 13.3. The summed E-state index contributed by atoms with van der Waals surface area (Å²) in [6, 6.07) is 21.9. The van der Waals surface area contributed by atoms with Gasteiger partial charge in [-0.3, -0.25) is 9.59 Å². The van der Waals surface area contributed by atoms with Crippen LogP contribution in [0, 0.1) is 5.92 Å². The number of hydrogen-bond donors (Lipinski definition) is 1. The Morgan fingerprint density at radius 3 is 2.08 bits per heavy atom. The first-order chi connectivity index (χ1) is 18.8. The molecule has 0 saturated carbocycles. The smallest absolute Gasteiger partial charge is 0.308 e. The van der Waals surface area contributed by atoms with Crippen molar-refractivity contribution < 1.29 is 28.6 Å². The van der Waals surface area contributed by atoms with Crippen LogP contribution in [0.4, 0.5) is 0 Å². The molecule has 0 fully saturated rings. The van der Waals surface area contributed by atoms with Crippen molar-refractivity contribution in [2.24, 2.45) is 5.92 Å². The van der Waals surface area contributed by atoms with E-state index < -0.39 is 17.4 Å². The lowest BCUT2D eigenvalue weighted by Gasteiger charge is -2.32. The van der Waals surface area contributed by atoms with Crippen molar-refractivity contribution in [3.8, 4) is 11.5 Å². The van der Waals surface area contributed by atoms with Gasteiger partial charge in [0.15, 0.2) is 11.4 Å². The van der Waals surface area contributed by atoms with Gasteiger partial charge in [-0.2, -0.15) is 0 Å². The van der Waals surface area contributed by atoms with Crippen LogP contribution in [0.3, 0.4) is 0 Å². The molecule has 0 spiro atoms. The predicted molar refractivity (Wildman–Crippen MR) is 148 cm³/mol. The van der Waals surface area contributed by atoms with Gasteiger partial charge < -0.3 is 24.3 Å². The molecule has 39 heavy (non-hydrogen) atoms. The van der Waals surface area contributed by atoms with Crippen LogP contribution in [-0.2, 0) is 27.2 Å². The standard InChI is InChI=1S/C31H36N2O6/c1-5-31(20-34,33-30(36)28-29(39-23(3)35)27(37-4)16-17-32-28)21-38-22(2)26(18-24-12-8-6-9-13-24)19-25-14-10-7-11-15-25/h6-17,20,22,26H,5,18-19,21H2,1-4H3,(H,33,36)/t22?,31-/m0/s1. The Balaban J connectivity index is 1.78. The molecule has 8 nitrogen and oxygen atoms in total. The van der Waals surface area contributed by atoms with Crippen molar-refractivity contribution in [3.05, 3.63) is 89.7 Å². The molecule has 0 radical (unpaired) electrons. The van der Waals surface area contributed by atoms with Crippen LogP contribution in [0.1, 0.15) is 48.8 Å². The summed E-state index contributed by atoms with van der Waals surface area (Å²) >= 11 is 0. The van der Waals surface area contributed by atoms with Gasteiger partial charge in [0, 0.05) is 19.2 Å². The number of nitrogens with one attached hydrogen (secondary N) is 1. The van der Waals surface area contributed by atoms with Crippen LogP contribution < -0.4 is 14.8 Å². The Labute approximate surface area is 229 Å². The summed E-state index contributed by atoms with van der Waals surface area (Å²) in [4.78, 5) is 41.4. The number of nitrogens with zero attached hydrogens (tertiary/aromatic N) is 1. The monoisotopic (exact) mass is 532 g/mol. The molecule has 1 N–H and O–H groups in total. The van der Waals surface area contributed by atoms with Crippen LogP contribution in [0.15, 0.2) is 72.9 Å². The van der Waals surface area contributed by atoms with E-state index in [4.69, 9.17) is 14.2 Å². The van der Waals surface area contributed by atoms with E-state index in [0.717, 1.165) is 12.8 Å². The molecule has 206 valence electrons. The van der Waals surface area contributed by atoms with Gasteiger partial charge in [0.05, 0.1) is 19.8 Å². The van der Waals surface area contributed by atoms with E-state index in [9.17, 15) is 14.4 Å². The highest BCUT2D eigenvalue weighted by Gasteiger charge is 2.34. The lowest BCUT2D eigenvalue weighted by molar-refractivity contribution is -0.132. The van der Waals surface area contributed by atoms with Crippen LogP contribution >= 0.6 is 0 Å². The van der Waals surface area contributed by atoms with Gasteiger partial charge >= 0.3 is 5.97 Å². The second kappa shape index (κ2) is 14.2. The molecule has 0 aliphatic rings. The second-order valence-electron chi connectivity index (χ2n) is 9.52. The first kappa shape index (κ1) is 29.5. The van der Waals surface area contributed by atoms with Gasteiger partial charge in [-0.25, -0.2) is 4.98 Å². The highest BCUT2D eigenvalue weighted by molar-refractivity contribution is 5.98. The molecule has 3 aromatic rings. The molecule has 1 unspecified atom stereocenters. The molecular formula is C31H36N2O6. The van der Waals surface area contributed by atoms with E-state index in [1.54, 1.807) is 6.92 Å². The van der Waals surface area contributed by atoms with Crippen LogP contribution in [0.25, 0.3) is 0 Å². The number of ether oxygens (including phenoxy) is 3. The van der Waals surface area contributed by atoms with Crippen LogP contribution in [-0.4, -0.2) is 48.5 Å². The number of amides is 1. The zero-order chi connectivity index (χ0) is 28.3. The average molecular weight is 533 g/mol. The van der Waals surface area contributed by atoms with Gasteiger partial charge in [-0.1, -0.05) is 67.6 Å². The maximum atomic E-state index is 13.3. The summed E-state index contributed by atoms with van der Waals surface area (Å²) in [5.41, 5.74) is 0.916. The summed E-state index contributed by atoms with van der Waals surface area (Å²) in [7, 11) is 1.39. The number of rotatable bonds is 14. The molecule has 8 heteroatoms. The van der Waals surface area contributed by atoms with E-state index in [2.05, 4.69) is 34.6 Å². The summed E-state index contributed by atoms with van der Waals surface area (Å²) < 4.78 is 16.7. The Morgan fingerprint density at radius 2 is 1.59 bits per heavy atom. The topological polar surface area (TPSA) is 104 Å². The lowest BCUT2D eigenvalue weighted by Crippen LogP contribution is -2.54.